The normalized spacial score (nSPS) is 22.6. The predicted octanol–water partition coefficient (Wildman–Crippen LogP) is 3.13. The number of methoxy groups -OCH3 is 1. The number of nitrogens with zero attached hydrogens (tertiary/aromatic N) is 1. The van der Waals surface area contributed by atoms with Crippen LogP contribution >= 0.6 is 0 Å². The molecule has 110 valence electrons. The van der Waals surface area contributed by atoms with Crippen LogP contribution in [0.3, 0.4) is 0 Å². The number of aryl methyl sites for hydroxylation is 1. The molecule has 1 aromatic carbocycles. The zero-order chi connectivity index (χ0) is 14.5. The van der Waals surface area contributed by atoms with Gasteiger partial charge in [0.25, 0.3) is 0 Å². The van der Waals surface area contributed by atoms with Crippen molar-refractivity contribution in [3.63, 3.8) is 0 Å². The third kappa shape index (κ3) is 3.99. The fraction of sp³-hybridized carbons (Fsp3) is 0.588. The fourth-order valence-corrected chi connectivity index (χ4v) is 3.10. The van der Waals surface area contributed by atoms with E-state index in [9.17, 15) is 4.79 Å². The van der Waals surface area contributed by atoms with Crippen molar-refractivity contribution in [1.82, 2.24) is 4.90 Å². The second kappa shape index (κ2) is 6.78. The Labute approximate surface area is 121 Å². The van der Waals surface area contributed by atoms with E-state index in [1.807, 2.05) is 23.1 Å². The summed E-state index contributed by atoms with van der Waals surface area (Å²) in [5, 5.41) is 0. The molecule has 0 spiro atoms. The van der Waals surface area contributed by atoms with E-state index in [1.54, 1.807) is 7.11 Å². The Balaban J connectivity index is 1.88. The van der Waals surface area contributed by atoms with Gasteiger partial charge < -0.3 is 9.64 Å². The molecular formula is C17H25NO2. The number of hydrogen-bond acceptors (Lipinski definition) is 2. The Kier molecular flexibility index (Phi) is 5.05. The molecule has 2 unspecified atom stereocenters. The first-order valence-corrected chi connectivity index (χ1v) is 7.49. The number of carbonyl (C=O) groups excluding carboxylic acids is 1. The number of carbonyl (C=O) groups is 1. The summed E-state index contributed by atoms with van der Waals surface area (Å²) < 4.78 is 5.21. The fourth-order valence-electron chi connectivity index (χ4n) is 3.10. The number of benzene rings is 1. The van der Waals surface area contributed by atoms with E-state index in [0.29, 0.717) is 18.3 Å². The minimum Gasteiger partial charge on any atom is -0.497 e. The monoisotopic (exact) mass is 275 g/mol. The van der Waals surface area contributed by atoms with E-state index < -0.39 is 0 Å². The van der Waals surface area contributed by atoms with Gasteiger partial charge in [-0.2, -0.15) is 0 Å². The SMILES string of the molecule is COc1cccc(CCC(=O)N2CC(C)CC(C)C2)c1. The molecule has 3 nitrogen and oxygen atoms in total. The molecule has 2 atom stereocenters. The highest BCUT2D eigenvalue weighted by Gasteiger charge is 2.24. The van der Waals surface area contributed by atoms with Crippen molar-refractivity contribution in [3.8, 4) is 5.75 Å². The number of amides is 1. The average molecular weight is 275 g/mol. The summed E-state index contributed by atoms with van der Waals surface area (Å²) in [6.45, 7) is 6.30. The molecule has 1 aliphatic heterocycles. The van der Waals surface area contributed by atoms with Crippen molar-refractivity contribution in [2.75, 3.05) is 20.2 Å². The van der Waals surface area contributed by atoms with Gasteiger partial charge in [0, 0.05) is 19.5 Å². The van der Waals surface area contributed by atoms with E-state index in [2.05, 4.69) is 19.9 Å². The summed E-state index contributed by atoms with van der Waals surface area (Å²) in [6.07, 6.45) is 2.61. The lowest BCUT2D eigenvalue weighted by atomic mass is 9.91. The van der Waals surface area contributed by atoms with Gasteiger partial charge in [0.05, 0.1) is 7.11 Å². The van der Waals surface area contributed by atoms with Gasteiger partial charge in [-0.15, -0.1) is 0 Å². The Bertz CT molecular complexity index is 448. The van der Waals surface area contributed by atoms with Crippen molar-refractivity contribution < 1.29 is 9.53 Å². The van der Waals surface area contributed by atoms with Gasteiger partial charge in [0.2, 0.25) is 5.91 Å². The van der Waals surface area contributed by atoms with Crippen LogP contribution in [0.2, 0.25) is 0 Å². The topological polar surface area (TPSA) is 29.5 Å². The van der Waals surface area contributed by atoms with Gasteiger partial charge >= 0.3 is 0 Å². The molecule has 20 heavy (non-hydrogen) atoms. The number of rotatable bonds is 4. The minimum absolute atomic E-state index is 0.284. The largest absolute Gasteiger partial charge is 0.497 e. The first-order valence-electron chi connectivity index (χ1n) is 7.49. The van der Waals surface area contributed by atoms with Gasteiger partial charge in [-0.1, -0.05) is 26.0 Å². The summed E-state index contributed by atoms with van der Waals surface area (Å²) in [7, 11) is 1.67. The molecule has 2 rings (SSSR count). The second-order valence-corrected chi connectivity index (χ2v) is 6.10. The zero-order valence-electron chi connectivity index (χ0n) is 12.8. The van der Waals surface area contributed by atoms with Crippen LogP contribution in [0.4, 0.5) is 0 Å². The minimum atomic E-state index is 0.284. The van der Waals surface area contributed by atoms with Crippen LogP contribution in [-0.2, 0) is 11.2 Å². The van der Waals surface area contributed by atoms with E-state index in [1.165, 1.54) is 6.42 Å². The maximum absolute atomic E-state index is 12.3. The highest BCUT2D eigenvalue weighted by Crippen LogP contribution is 2.22. The third-order valence-electron chi connectivity index (χ3n) is 3.98. The van der Waals surface area contributed by atoms with Crippen LogP contribution in [0.25, 0.3) is 0 Å². The lowest BCUT2D eigenvalue weighted by Gasteiger charge is -2.35. The highest BCUT2D eigenvalue weighted by molar-refractivity contribution is 5.76. The van der Waals surface area contributed by atoms with Gasteiger partial charge in [0.1, 0.15) is 5.75 Å². The van der Waals surface area contributed by atoms with Gasteiger partial charge in [-0.25, -0.2) is 0 Å². The van der Waals surface area contributed by atoms with Crippen LogP contribution in [0.1, 0.15) is 32.3 Å². The smallest absolute Gasteiger partial charge is 0.222 e. The molecule has 1 aromatic rings. The molecule has 1 aliphatic rings. The van der Waals surface area contributed by atoms with E-state index in [-0.39, 0.29) is 5.91 Å². The summed E-state index contributed by atoms with van der Waals surface area (Å²) in [6, 6.07) is 7.97. The number of piperidine rings is 1. The van der Waals surface area contributed by atoms with Crippen molar-refractivity contribution in [3.05, 3.63) is 29.8 Å². The molecule has 3 heteroatoms. The standard InChI is InChI=1S/C17H25NO2/c1-13-9-14(2)12-18(11-13)17(19)8-7-15-5-4-6-16(10-15)20-3/h4-6,10,13-14H,7-9,11-12H2,1-3H3. The van der Waals surface area contributed by atoms with Gasteiger partial charge in [0.15, 0.2) is 0 Å². The summed E-state index contributed by atoms with van der Waals surface area (Å²) in [5.74, 6) is 2.39. The molecule has 0 aliphatic carbocycles. The maximum atomic E-state index is 12.3. The zero-order valence-corrected chi connectivity index (χ0v) is 12.8. The summed E-state index contributed by atoms with van der Waals surface area (Å²) in [5.41, 5.74) is 1.16. The van der Waals surface area contributed by atoms with Crippen molar-refractivity contribution >= 4 is 5.91 Å². The van der Waals surface area contributed by atoms with E-state index in [4.69, 9.17) is 4.74 Å². The molecule has 0 N–H and O–H groups in total. The first kappa shape index (κ1) is 14.9. The van der Waals surface area contributed by atoms with Crippen LogP contribution in [-0.4, -0.2) is 31.0 Å². The van der Waals surface area contributed by atoms with Crippen molar-refractivity contribution in [2.24, 2.45) is 11.8 Å². The number of likely N-dealkylation sites (tertiary alicyclic amines) is 1. The first-order chi connectivity index (χ1) is 9.58. The Hall–Kier alpha value is -1.51. The molecular weight excluding hydrogens is 250 g/mol. The Morgan fingerprint density at radius 1 is 1.30 bits per heavy atom. The van der Waals surface area contributed by atoms with E-state index >= 15 is 0 Å². The molecule has 0 saturated carbocycles. The quantitative estimate of drug-likeness (QED) is 0.845. The van der Waals surface area contributed by atoms with Crippen molar-refractivity contribution in [1.29, 1.82) is 0 Å². The maximum Gasteiger partial charge on any atom is 0.222 e. The van der Waals surface area contributed by atoms with Crippen LogP contribution in [0.15, 0.2) is 24.3 Å². The number of ether oxygens (including phenoxy) is 1. The predicted molar refractivity (Wildman–Crippen MR) is 80.8 cm³/mol. The number of hydrogen-bond donors (Lipinski definition) is 0. The Morgan fingerprint density at radius 3 is 2.65 bits per heavy atom. The van der Waals surface area contributed by atoms with Crippen LogP contribution in [0, 0.1) is 11.8 Å². The summed E-state index contributed by atoms with van der Waals surface area (Å²) in [4.78, 5) is 14.4. The lowest BCUT2D eigenvalue weighted by Crippen LogP contribution is -2.42. The van der Waals surface area contributed by atoms with Gasteiger partial charge in [-0.3, -0.25) is 4.79 Å². The van der Waals surface area contributed by atoms with E-state index in [0.717, 1.165) is 30.8 Å². The van der Waals surface area contributed by atoms with Crippen LogP contribution in [0.5, 0.6) is 5.75 Å². The highest BCUT2D eigenvalue weighted by atomic mass is 16.5. The molecule has 0 aromatic heterocycles. The lowest BCUT2D eigenvalue weighted by molar-refractivity contribution is -0.133. The molecule has 1 saturated heterocycles. The Morgan fingerprint density at radius 2 is 2.00 bits per heavy atom. The van der Waals surface area contributed by atoms with Crippen molar-refractivity contribution in [2.45, 2.75) is 33.1 Å². The third-order valence-corrected chi connectivity index (χ3v) is 3.98. The van der Waals surface area contributed by atoms with Crippen LogP contribution < -0.4 is 4.74 Å². The molecule has 0 bridgehead atoms. The average Bonchev–Trinajstić information content (AvgIpc) is 2.44. The second-order valence-electron chi connectivity index (χ2n) is 6.10. The molecule has 1 amide bonds. The molecule has 1 fully saturated rings. The van der Waals surface area contributed by atoms with Gasteiger partial charge in [-0.05, 0) is 42.4 Å². The molecule has 0 radical (unpaired) electrons. The summed E-state index contributed by atoms with van der Waals surface area (Å²) >= 11 is 0. The molecule has 1 heterocycles.